The number of nitrogens with zero attached hydrogens (tertiary/aromatic N) is 2. The number of para-hydroxylation sites is 2. The van der Waals surface area contributed by atoms with Crippen molar-refractivity contribution in [1.29, 1.82) is 0 Å². The minimum Gasteiger partial charge on any atom is -0.496 e. The third-order valence-electron chi connectivity index (χ3n) is 5.28. The van der Waals surface area contributed by atoms with Crippen molar-refractivity contribution in [1.82, 2.24) is 4.98 Å². The number of aromatic nitrogens is 1. The van der Waals surface area contributed by atoms with Crippen molar-refractivity contribution in [2.45, 2.75) is 38.7 Å². The zero-order valence-electron chi connectivity index (χ0n) is 17.1. The van der Waals surface area contributed by atoms with Gasteiger partial charge in [-0.2, -0.15) is 0 Å². The molecule has 1 unspecified atom stereocenters. The summed E-state index contributed by atoms with van der Waals surface area (Å²) in [6.07, 6.45) is 2.02. The maximum Gasteiger partial charge on any atom is 0.263 e. The van der Waals surface area contributed by atoms with Crippen molar-refractivity contribution < 1.29 is 14.3 Å². The SMILES string of the molecule is COc1ccccc1C(=O)N(CC1CCCO1)c1nc2c(C(C)C)cccc2s1. The average Bonchev–Trinajstić information content (AvgIpc) is 3.40. The summed E-state index contributed by atoms with van der Waals surface area (Å²) in [6.45, 7) is 5.57. The van der Waals surface area contributed by atoms with Crippen LogP contribution in [0.15, 0.2) is 42.5 Å². The van der Waals surface area contributed by atoms with E-state index in [1.807, 2.05) is 18.2 Å². The smallest absolute Gasteiger partial charge is 0.263 e. The van der Waals surface area contributed by atoms with Crippen molar-refractivity contribution in [2.24, 2.45) is 0 Å². The Kier molecular flexibility index (Phi) is 5.83. The molecule has 152 valence electrons. The molecule has 29 heavy (non-hydrogen) atoms. The van der Waals surface area contributed by atoms with E-state index in [-0.39, 0.29) is 12.0 Å². The number of ether oxygens (including phenoxy) is 2. The fourth-order valence-corrected chi connectivity index (χ4v) is 4.75. The van der Waals surface area contributed by atoms with E-state index in [1.165, 1.54) is 5.56 Å². The number of hydrogen-bond donors (Lipinski definition) is 0. The summed E-state index contributed by atoms with van der Waals surface area (Å²) >= 11 is 1.55. The van der Waals surface area contributed by atoms with Crippen LogP contribution in [0.4, 0.5) is 5.13 Å². The van der Waals surface area contributed by atoms with Crippen LogP contribution in [0.2, 0.25) is 0 Å². The number of hydrogen-bond acceptors (Lipinski definition) is 5. The van der Waals surface area contributed by atoms with E-state index < -0.39 is 0 Å². The number of anilines is 1. The Labute approximate surface area is 175 Å². The Hall–Kier alpha value is -2.44. The van der Waals surface area contributed by atoms with Crippen molar-refractivity contribution in [3.63, 3.8) is 0 Å². The average molecular weight is 411 g/mol. The van der Waals surface area contributed by atoms with Crippen molar-refractivity contribution in [2.75, 3.05) is 25.2 Å². The fraction of sp³-hybridized carbons (Fsp3) is 0.391. The van der Waals surface area contributed by atoms with Gasteiger partial charge in [0.1, 0.15) is 5.75 Å². The Morgan fingerprint density at radius 2 is 2.10 bits per heavy atom. The van der Waals surface area contributed by atoms with E-state index in [9.17, 15) is 4.79 Å². The normalized spacial score (nSPS) is 16.5. The minimum atomic E-state index is -0.108. The van der Waals surface area contributed by atoms with Gasteiger partial charge in [-0.1, -0.05) is 49.4 Å². The zero-order chi connectivity index (χ0) is 20.4. The number of carbonyl (C=O) groups is 1. The number of amides is 1. The van der Waals surface area contributed by atoms with E-state index in [1.54, 1.807) is 29.4 Å². The highest BCUT2D eigenvalue weighted by Crippen LogP contribution is 2.35. The van der Waals surface area contributed by atoms with Crippen LogP contribution in [-0.2, 0) is 4.74 Å². The molecule has 0 N–H and O–H groups in total. The lowest BCUT2D eigenvalue weighted by Gasteiger charge is -2.23. The third kappa shape index (κ3) is 4.00. The number of benzene rings is 2. The van der Waals surface area contributed by atoms with E-state index in [2.05, 4.69) is 32.0 Å². The maximum atomic E-state index is 13.6. The van der Waals surface area contributed by atoms with Gasteiger partial charge >= 0.3 is 0 Å². The predicted octanol–water partition coefficient (Wildman–Crippen LogP) is 5.25. The van der Waals surface area contributed by atoms with Gasteiger partial charge in [0, 0.05) is 6.61 Å². The van der Waals surface area contributed by atoms with Gasteiger partial charge in [-0.25, -0.2) is 4.98 Å². The molecule has 6 heteroatoms. The lowest BCUT2D eigenvalue weighted by atomic mass is 10.0. The summed E-state index contributed by atoms with van der Waals surface area (Å²) in [6, 6.07) is 13.6. The summed E-state index contributed by atoms with van der Waals surface area (Å²) in [5, 5.41) is 0.708. The first-order chi connectivity index (χ1) is 14.1. The molecule has 0 saturated carbocycles. The highest BCUT2D eigenvalue weighted by molar-refractivity contribution is 7.22. The van der Waals surface area contributed by atoms with Gasteiger partial charge in [0.05, 0.1) is 35.5 Å². The van der Waals surface area contributed by atoms with Gasteiger partial charge in [0.2, 0.25) is 0 Å². The predicted molar refractivity (Wildman–Crippen MR) is 117 cm³/mol. The molecular formula is C23H26N2O3S. The molecule has 1 fully saturated rings. The lowest BCUT2D eigenvalue weighted by Crippen LogP contribution is -2.37. The minimum absolute atomic E-state index is 0.0326. The van der Waals surface area contributed by atoms with Gasteiger partial charge in [0.15, 0.2) is 5.13 Å². The summed E-state index contributed by atoms with van der Waals surface area (Å²) in [4.78, 5) is 20.2. The monoisotopic (exact) mass is 410 g/mol. The van der Waals surface area contributed by atoms with E-state index in [4.69, 9.17) is 14.5 Å². The van der Waals surface area contributed by atoms with E-state index in [0.29, 0.717) is 28.9 Å². The summed E-state index contributed by atoms with van der Waals surface area (Å²) in [5.41, 5.74) is 2.72. The third-order valence-corrected chi connectivity index (χ3v) is 6.33. The summed E-state index contributed by atoms with van der Waals surface area (Å²) in [7, 11) is 1.59. The molecule has 0 radical (unpaired) electrons. The molecule has 1 amide bonds. The highest BCUT2D eigenvalue weighted by atomic mass is 32.1. The number of thiazole rings is 1. The number of fused-ring (bicyclic) bond motifs is 1. The molecule has 0 spiro atoms. The topological polar surface area (TPSA) is 51.7 Å². The lowest BCUT2D eigenvalue weighted by molar-refractivity contribution is 0.0915. The van der Waals surface area contributed by atoms with Crippen LogP contribution in [-0.4, -0.2) is 37.3 Å². The Bertz CT molecular complexity index is 1010. The van der Waals surface area contributed by atoms with E-state index in [0.717, 1.165) is 29.7 Å². The number of carbonyl (C=O) groups excluding carboxylic acids is 1. The van der Waals surface area contributed by atoms with Gasteiger partial charge in [-0.3, -0.25) is 9.69 Å². The molecule has 1 saturated heterocycles. The second-order valence-corrected chi connectivity index (χ2v) is 8.61. The molecule has 1 aliphatic heterocycles. The van der Waals surface area contributed by atoms with Crippen LogP contribution >= 0.6 is 11.3 Å². The first kappa shape index (κ1) is 19.9. The highest BCUT2D eigenvalue weighted by Gasteiger charge is 2.28. The molecule has 0 bridgehead atoms. The molecule has 0 aliphatic carbocycles. The Balaban J connectivity index is 1.77. The van der Waals surface area contributed by atoms with Crippen LogP contribution in [0.5, 0.6) is 5.75 Å². The maximum absolute atomic E-state index is 13.6. The molecular weight excluding hydrogens is 384 g/mol. The molecule has 1 atom stereocenters. The summed E-state index contributed by atoms with van der Waals surface area (Å²) in [5.74, 6) is 0.826. The first-order valence-corrected chi connectivity index (χ1v) is 10.9. The van der Waals surface area contributed by atoms with Gasteiger partial charge < -0.3 is 9.47 Å². The van der Waals surface area contributed by atoms with Crippen LogP contribution in [0.3, 0.4) is 0 Å². The van der Waals surface area contributed by atoms with Crippen LogP contribution in [0.25, 0.3) is 10.2 Å². The molecule has 1 aliphatic rings. The molecule has 1 aromatic heterocycles. The molecule has 4 rings (SSSR count). The molecule has 3 aromatic rings. The Morgan fingerprint density at radius 1 is 1.28 bits per heavy atom. The number of rotatable bonds is 6. The van der Waals surface area contributed by atoms with Gasteiger partial charge in [0.25, 0.3) is 5.91 Å². The standard InChI is InChI=1S/C23H26N2O3S/c1-15(2)17-10-6-12-20-21(17)24-23(29-20)25(14-16-8-7-13-28-16)22(26)18-9-4-5-11-19(18)27-3/h4-6,9-12,15-16H,7-8,13-14H2,1-3H3. The second-order valence-electron chi connectivity index (χ2n) is 7.60. The fourth-order valence-electron chi connectivity index (χ4n) is 3.75. The van der Waals surface area contributed by atoms with Gasteiger partial charge in [-0.15, -0.1) is 0 Å². The van der Waals surface area contributed by atoms with Crippen molar-refractivity contribution in [3.8, 4) is 5.75 Å². The molecule has 2 heterocycles. The molecule has 2 aromatic carbocycles. The van der Waals surface area contributed by atoms with E-state index >= 15 is 0 Å². The largest absolute Gasteiger partial charge is 0.496 e. The van der Waals surface area contributed by atoms with Crippen LogP contribution < -0.4 is 9.64 Å². The Morgan fingerprint density at radius 3 is 2.83 bits per heavy atom. The second kappa shape index (κ2) is 8.51. The van der Waals surface area contributed by atoms with Gasteiger partial charge in [-0.05, 0) is 42.5 Å². The van der Waals surface area contributed by atoms with Crippen LogP contribution in [0, 0.1) is 0 Å². The number of methoxy groups -OCH3 is 1. The van der Waals surface area contributed by atoms with Crippen molar-refractivity contribution >= 4 is 32.6 Å². The zero-order valence-corrected chi connectivity index (χ0v) is 17.9. The quantitative estimate of drug-likeness (QED) is 0.557. The van der Waals surface area contributed by atoms with Crippen LogP contribution in [0.1, 0.15) is 48.5 Å². The molecule has 5 nitrogen and oxygen atoms in total. The summed E-state index contributed by atoms with van der Waals surface area (Å²) < 4.78 is 12.4. The first-order valence-electron chi connectivity index (χ1n) is 10.0. The van der Waals surface area contributed by atoms with Crippen molar-refractivity contribution in [3.05, 3.63) is 53.6 Å².